The molecule has 6 heteroatoms. The van der Waals surface area contributed by atoms with E-state index in [-0.39, 0.29) is 11.4 Å². The van der Waals surface area contributed by atoms with Gasteiger partial charge in [0.05, 0.1) is 11.2 Å². The summed E-state index contributed by atoms with van der Waals surface area (Å²) in [6, 6.07) is 10.8. The van der Waals surface area contributed by atoms with Crippen molar-refractivity contribution in [3.8, 4) is 0 Å². The number of pyridine rings is 1. The number of carbonyl (C=O) groups excluding carboxylic acids is 1. The van der Waals surface area contributed by atoms with Gasteiger partial charge in [-0.2, -0.15) is 5.10 Å². The van der Waals surface area contributed by atoms with E-state index in [0.29, 0.717) is 12.8 Å². The summed E-state index contributed by atoms with van der Waals surface area (Å²) in [5.41, 5.74) is 6.64. The average Bonchev–Trinajstić information content (AvgIpc) is 3.17. The number of likely N-dealkylation sites (tertiary alicyclic amines) is 1. The Labute approximate surface area is 216 Å². The SMILES string of the molecule is Cc1nc2c(c(C)nn2C(C)(C)C)c(C)c1CCC(=O)NCCN1CCC(Cc2ccccc2)CC1. The maximum atomic E-state index is 12.6. The van der Waals surface area contributed by atoms with Gasteiger partial charge in [0.1, 0.15) is 0 Å². The fraction of sp³-hybridized carbons (Fsp3) is 0.567. The van der Waals surface area contributed by atoms with Crippen LogP contribution in [0.15, 0.2) is 30.3 Å². The molecule has 194 valence electrons. The molecule has 3 heterocycles. The molecule has 1 amide bonds. The number of aromatic nitrogens is 3. The second-order valence-corrected chi connectivity index (χ2v) is 11.5. The smallest absolute Gasteiger partial charge is 0.220 e. The lowest BCUT2D eigenvalue weighted by Gasteiger charge is -2.32. The molecule has 0 unspecified atom stereocenters. The molecule has 1 aliphatic rings. The van der Waals surface area contributed by atoms with E-state index in [1.165, 1.54) is 36.0 Å². The van der Waals surface area contributed by atoms with Crippen LogP contribution in [-0.2, 0) is 23.2 Å². The number of amides is 1. The molecule has 3 aromatic rings. The number of piperidine rings is 1. The highest BCUT2D eigenvalue weighted by atomic mass is 16.1. The number of nitrogens with one attached hydrogen (secondary N) is 1. The van der Waals surface area contributed by atoms with Crippen molar-refractivity contribution in [2.45, 2.75) is 79.2 Å². The number of fused-ring (bicyclic) bond motifs is 1. The summed E-state index contributed by atoms with van der Waals surface area (Å²) in [5.74, 6) is 0.893. The molecule has 1 saturated heterocycles. The van der Waals surface area contributed by atoms with E-state index in [9.17, 15) is 4.79 Å². The van der Waals surface area contributed by atoms with Gasteiger partial charge in [-0.3, -0.25) is 4.79 Å². The van der Waals surface area contributed by atoms with Crippen LogP contribution in [-0.4, -0.2) is 51.8 Å². The zero-order chi connectivity index (χ0) is 25.9. The van der Waals surface area contributed by atoms with E-state index >= 15 is 0 Å². The Morgan fingerprint density at radius 3 is 2.42 bits per heavy atom. The highest BCUT2D eigenvalue weighted by molar-refractivity contribution is 5.84. The van der Waals surface area contributed by atoms with Gasteiger partial charge in [0.15, 0.2) is 5.65 Å². The van der Waals surface area contributed by atoms with Gasteiger partial charge in [-0.1, -0.05) is 30.3 Å². The van der Waals surface area contributed by atoms with Crippen molar-refractivity contribution in [2.24, 2.45) is 5.92 Å². The molecule has 2 aromatic heterocycles. The lowest BCUT2D eigenvalue weighted by atomic mass is 9.90. The molecule has 6 nitrogen and oxygen atoms in total. The third kappa shape index (κ3) is 6.15. The lowest BCUT2D eigenvalue weighted by Crippen LogP contribution is -2.40. The third-order valence-electron chi connectivity index (χ3n) is 7.64. The standard InChI is InChI=1S/C30H43N5O/c1-21-26(22(2)32-29-28(21)23(3)33-35(29)30(4,5)6)12-13-27(36)31-16-19-34-17-14-25(15-18-34)20-24-10-8-7-9-11-24/h7-11,25H,12-20H2,1-6H3,(H,31,36). The van der Waals surface area contributed by atoms with Gasteiger partial charge < -0.3 is 10.2 Å². The molecular formula is C30H43N5O. The van der Waals surface area contributed by atoms with Crippen molar-refractivity contribution in [3.05, 3.63) is 58.4 Å². The Balaban J connectivity index is 1.24. The number of hydrogen-bond acceptors (Lipinski definition) is 4. The summed E-state index contributed by atoms with van der Waals surface area (Å²) in [7, 11) is 0. The molecule has 0 radical (unpaired) electrons. The molecule has 0 atom stereocenters. The predicted octanol–water partition coefficient (Wildman–Crippen LogP) is 5.12. The molecule has 0 saturated carbocycles. The van der Waals surface area contributed by atoms with Crippen LogP contribution in [0.3, 0.4) is 0 Å². The molecule has 1 N–H and O–H groups in total. The Morgan fingerprint density at radius 1 is 1.06 bits per heavy atom. The molecule has 4 rings (SSSR count). The van der Waals surface area contributed by atoms with Crippen LogP contribution in [0.25, 0.3) is 11.0 Å². The van der Waals surface area contributed by atoms with Crippen LogP contribution >= 0.6 is 0 Å². The first-order valence-electron chi connectivity index (χ1n) is 13.5. The molecule has 1 fully saturated rings. The zero-order valence-electron chi connectivity index (χ0n) is 23.0. The van der Waals surface area contributed by atoms with Gasteiger partial charge in [0.25, 0.3) is 0 Å². The molecule has 1 aliphatic heterocycles. The minimum atomic E-state index is -0.128. The highest BCUT2D eigenvalue weighted by Gasteiger charge is 2.23. The first kappa shape index (κ1) is 26.3. The molecule has 0 spiro atoms. The monoisotopic (exact) mass is 489 g/mol. The zero-order valence-corrected chi connectivity index (χ0v) is 23.0. The normalized spacial score (nSPS) is 15.5. The summed E-state index contributed by atoms with van der Waals surface area (Å²) in [6.07, 6.45) is 4.85. The Bertz CT molecular complexity index is 1180. The van der Waals surface area contributed by atoms with Crippen molar-refractivity contribution >= 4 is 16.9 Å². The predicted molar refractivity (Wildman–Crippen MR) is 147 cm³/mol. The van der Waals surface area contributed by atoms with Crippen LogP contribution in [0.2, 0.25) is 0 Å². The van der Waals surface area contributed by atoms with Gasteiger partial charge in [-0.05, 0) is 103 Å². The number of benzene rings is 1. The van der Waals surface area contributed by atoms with E-state index in [1.54, 1.807) is 0 Å². The Kier molecular flexibility index (Phi) is 8.13. The molecular weight excluding hydrogens is 446 g/mol. The maximum absolute atomic E-state index is 12.6. The number of rotatable bonds is 8. The third-order valence-corrected chi connectivity index (χ3v) is 7.64. The van der Waals surface area contributed by atoms with Crippen molar-refractivity contribution in [2.75, 3.05) is 26.2 Å². The number of aryl methyl sites for hydroxylation is 3. The van der Waals surface area contributed by atoms with Gasteiger partial charge in [-0.25, -0.2) is 9.67 Å². The summed E-state index contributed by atoms with van der Waals surface area (Å²) in [4.78, 5) is 20.0. The first-order valence-corrected chi connectivity index (χ1v) is 13.5. The van der Waals surface area contributed by atoms with Gasteiger partial charge in [0, 0.05) is 30.6 Å². The van der Waals surface area contributed by atoms with E-state index in [0.717, 1.165) is 54.5 Å². The summed E-state index contributed by atoms with van der Waals surface area (Å²) < 4.78 is 2.03. The first-order chi connectivity index (χ1) is 17.1. The summed E-state index contributed by atoms with van der Waals surface area (Å²) in [6.45, 7) is 16.6. The number of carbonyl (C=O) groups is 1. The minimum Gasteiger partial charge on any atom is -0.355 e. The van der Waals surface area contributed by atoms with E-state index < -0.39 is 0 Å². The molecule has 0 bridgehead atoms. The Morgan fingerprint density at radius 2 is 1.75 bits per heavy atom. The van der Waals surface area contributed by atoms with Crippen LogP contribution < -0.4 is 5.32 Å². The van der Waals surface area contributed by atoms with Crippen LogP contribution in [0.5, 0.6) is 0 Å². The van der Waals surface area contributed by atoms with E-state index in [1.807, 2.05) is 4.68 Å². The number of nitrogens with zero attached hydrogens (tertiary/aromatic N) is 4. The quantitative estimate of drug-likeness (QED) is 0.477. The largest absolute Gasteiger partial charge is 0.355 e. The van der Waals surface area contributed by atoms with E-state index in [2.05, 4.69) is 82.1 Å². The Hall–Kier alpha value is -2.73. The van der Waals surface area contributed by atoms with Crippen LogP contribution in [0.1, 0.15) is 68.1 Å². The second-order valence-electron chi connectivity index (χ2n) is 11.5. The van der Waals surface area contributed by atoms with Gasteiger partial charge >= 0.3 is 0 Å². The number of hydrogen-bond donors (Lipinski definition) is 1. The van der Waals surface area contributed by atoms with Crippen molar-refractivity contribution < 1.29 is 4.79 Å². The van der Waals surface area contributed by atoms with Crippen molar-refractivity contribution in [3.63, 3.8) is 0 Å². The van der Waals surface area contributed by atoms with Crippen molar-refractivity contribution in [1.29, 1.82) is 0 Å². The van der Waals surface area contributed by atoms with Crippen LogP contribution in [0, 0.1) is 26.7 Å². The van der Waals surface area contributed by atoms with Crippen LogP contribution in [0.4, 0.5) is 0 Å². The topological polar surface area (TPSA) is 63.1 Å². The summed E-state index contributed by atoms with van der Waals surface area (Å²) in [5, 5.41) is 9.05. The maximum Gasteiger partial charge on any atom is 0.220 e. The molecule has 1 aromatic carbocycles. The highest BCUT2D eigenvalue weighted by Crippen LogP contribution is 2.29. The van der Waals surface area contributed by atoms with E-state index in [4.69, 9.17) is 10.1 Å². The lowest BCUT2D eigenvalue weighted by molar-refractivity contribution is -0.121. The average molecular weight is 490 g/mol. The van der Waals surface area contributed by atoms with Crippen molar-refractivity contribution in [1.82, 2.24) is 25.0 Å². The summed E-state index contributed by atoms with van der Waals surface area (Å²) >= 11 is 0. The fourth-order valence-corrected chi connectivity index (χ4v) is 5.58. The van der Waals surface area contributed by atoms with Gasteiger partial charge in [-0.15, -0.1) is 0 Å². The van der Waals surface area contributed by atoms with Gasteiger partial charge in [0.2, 0.25) is 5.91 Å². The second kappa shape index (κ2) is 11.1. The fourth-order valence-electron chi connectivity index (χ4n) is 5.58. The molecule has 0 aliphatic carbocycles. The molecule has 36 heavy (non-hydrogen) atoms. The minimum absolute atomic E-state index is 0.120.